The Labute approximate surface area is 112 Å². The van der Waals surface area contributed by atoms with Gasteiger partial charge in [-0.05, 0) is 49.5 Å². The van der Waals surface area contributed by atoms with Crippen molar-refractivity contribution in [3.05, 3.63) is 35.4 Å². The molecule has 1 aromatic carbocycles. The summed E-state index contributed by atoms with van der Waals surface area (Å²) in [4.78, 5) is 2.23. The summed E-state index contributed by atoms with van der Waals surface area (Å²) in [5.74, 6) is 0.541. The topological polar surface area (TPSA) is 29.3 Å². The summed E-state index contributed by atoms with van der Waals surface area (Å²) in [5.41, 5.74) is 8.74. The number of likely N-dealkylation sites (N-methyl/N-ethyl adjacent to an activating group) is 1. The minimum absolute atomic E-state index is 0.226. The second kappa shape index (κ2) is 6.35. The van der Waals surface area contributed by atoms with Crippen LogP contribution in [0, 0.1) is 0 Å². The Morgan fingerprint density at radius 2 is 1.67 bits per heavy atom. The van der Waals surface area contributed by atoms with Crippen molar-refractivity contribution < 1.29 is 0 Å². The summed E-state index contributed by atoms with van der Waals surface area (Å²) in [6, 6.07) is 9.05. The third-order valence-corrected chi connectivity index (χ3v) is 3.35. The molecule has 1 unspecified atom stereocenters. The summed E-state index contributed by atoms with van der Waals surface area (Å²) >= 11 is 0. The van der Waals surface area contributed by atoms with Crippen LogP contribution in [0.3, 0.4) is 0 Å². The van der Waals surface area contributed by atoms with Gasteiger partial charge >= 0.3 is 0 Å². The molecule has 0 aliphatic heterocycles. The first-order valence-corrected chi connectivity index (χ1v) is 6.80. The van der Waals surface area contributed by atoms with Gasteiger partial charge in [-0.2, -0.15) is 0 Å². The molecule has 0 aromatic heterocycles. The highest BCUT2D eigenvalue weighted by molar-refractivity contribution is 5.29. The van der Waals surface area contributed by atoms with Gasteiger partial charge in [-0.25, -0.2) is 0 Å². The Hall–Kier alpha value is -0.860. The van der Waals surface area contributed by atoms with Gasteiger partial charge in [-0.15, -0.1) is 0 Å². The van der Waals surface area contributed by atoms with Crippen LogP contribution >= 0.6 is 0 Å². The molecule has 18 heavy (non-hydrogen) atoms. The molecule has 0 saturated carbocycles. The van der Waals surface area contributed by atoms with Crippen molar-refractivity contribution in [3.8, 4) is 0 Å². The first-order chi connectivity index (χ1) is 8.34. The fraction of sp³-hybridized carbons (Fsp3) is 0.625. The number of nitrogens with zero attached hydrogens (tertiary/aromatic N) is 1. The lowest BCUT2D eigenvalue weighted by Gasteiger charge is -2.23. The van der Waals surface area contributed by atoms with Crippen molar-refractivity contribution in [1.29, 1.82) is 0 Å². The van der Waals surface area contributed by atoms with E-state index in [-0.39, 0.29) is 5.41 Å². The highest BCUT2D eigenvalue weighted by atomic mass is 15.1. The van der Waals surface area contributed by atoms with Crippen LogP contribution < -0.4 is 5.73 Å². The molecular weight excluding hydrogens is 220 g/mol. The lowest BCUT2D eigenvalue weighted by molar-refractivity contribution is 0.365. The first kappa shape index (κ1) is 15.2. The summed E-state index contributed by atoms with van der Waals surface area (Å²) in [7, 11) is 4.24. The Bertz CT molecular complexity index is 346. The molecule has 0 radical (unpaired) electrons. The van der Waals surface area contributed by atoms with Gasteiger partial charge in [0.1, 0.15) is 0 Å². The Balaban J connectivity index is 2.86. The minimum atomic E-state index is 0.226. The fourth-order valence-corrected chi connectivity index (χ4v) is 2.26. The molecule has 0 aliphatic rings. The lowest BCUT2D eigenvalue weighted by atomic mass is 9.85. The molecule has 0 bridgehead atoms. The molecule has 0 fully saturated rings. The number of benzene rings is 1. The molecule has 2 N–H and O–H groups in total. The van der Waals surface area contributed by atoms with Crippen molar-refractivity contribution >= 4 is 0 Å². The molecule has 1 rings (SSSR count). The van der Waals surface area contributed by atoms with Gasteiger partial charge < -0.3 is 10.6 Å². The quantitative estimate of drug-likeness (QED) is 0.868. The number of nitrogens with two attached hydrogens (primary N) is 1. The highest BCUT2D eigenvalue weighted by Gasteiger charge is 2.15. The van der Waals surface area contributed by atoms with E-state index in [2.05, 4.69) is 64.0 Å². The maximum atomic E-state index is 5.72. The van der Waals surface area contributed by atoms with E-state index in [1.807, 2.05) is 0 Å². The van der Waals surface area contributed by atoms with Crippen LogP contribution in [0.15, 0.2) is 24.3 Å². The molecule has 102 valence electrons. The highest BCUT2D eigenvalue weighted by Crippen LogP contribution is 2.26. The van der Waals surface area contributed by atoms with E-state index >= 15 is 0 Å². The number of rotatable bonds is 5. The van der Waals surface area contributed by atoms with Crippen molar-refractivity contribution in [2.24, 2.45) is 5.73 Å². The largest absolute Gasteiger partial charge is 0.330 e. The molecule has 0 aliphatic carbocycles. The van der Waals surface area contributed by atoms with Crippen LogP contribution in [-0.2, 0) is 5.41 Å². The van der Waals surface area contributed by atoms with E-state index in [0.29, 0.717) is 5.92 Å². The number of hydrogen-bond donors (Lipinski definition) is 1. The van der Waals surface area contributed by atoms with Gasteiger partial charge in [0.2, 0.25) is 0 Å². The fourth-order valence-electron chi connectivity index (χ4n) is 2.26. The standard InChI is InChI=1S/C16H28N2/c1-16(2,3)15-8-6-13(7-9-15)14(10-11-17)12-18(4)5/h6-9,14H,10-12,17H2,1-5H3. The van der Waals surface area contributed by atoms with E-state index < -0.39 is 0 Å². The van der Waals surface area contributed by atoms with Crippen molar-refractivity contribution in [3.63, 3.8) is 0 Å². The van der Waals surface area contributed by atoms with E-state index in [1.54, 1.807) is 0 Å². The first-order valence-electron chi connectivity index (χ1n) is 6.80. The maximum absolute atomic E-state index is 5.72. The van der Waals surface area contributed by atoms with E-state index in [9.17, 15) is 0 Å². The zero-order valence-electron chi connectivity index (χ0n) is 12.5. The maximum Gasteiger partial charge on any atom is 0.00446 e. The molecule has 1 atom stereocenters. The van der Waals surface area contributed by atoms with Crippen molar-refractivity contribution in [1.82, 2.24) is 4.90 Å². The molecule has 0 amide bonds. The van der Waals surface area contributed by atoms with Crippen LogP contribution in [-0.4, -0.2) is 32.1 Å². The zero-order valence-corrected chi connectivity index (χ0v) is 12.5. The zero-order chi connectivity index (χ0) is 13.8. The SMILES string of the molecule is CN(C)CC(CCN)c1ccc(C(C)(C)C)cc1. The van der Waals surface area contributed by atoms with E-state index in [4.69, 9.17) is 5.73 Å². The van der Waals surface area contributed by atoms with Gasteiger partial charge in [0, 0.05) is 6.54 Å². The second-order valence-electron chi connectivity index (χ2n) is 6.41. The van der Waals surface area contributed by atoms with Crippen LogP contribution in [0.2, 0.25) is 0 Å². The third kappa shape index (κ3) is 4.43. The average molecular weight is 248 g/mol. The normalized spacial score (nSPS) is 13.9. The molecule has 0 heterocycles. The average Bonchev–Trinajstić information content (AvgIpc) is 2.27. The monoisotopic (exact) mass is 248 g/mol. The number of hydrogen-bond acceptors (Lipinski definition) is 2. The van der Waals surface area contributed by atoms with Crippen LogP contribution in [0.4, 0.5) is 0 Å². The lowest BCUT2D eigenvalue weighted by Crippen LogP contribution is -2.22. The van der Waals surface area contributed by atoms with Gasteiger partial charge in [-0.1, -0.05) is 45.0 Å². The summed E-state index contributed by atoms with van der Waals surface area (Å²) in [6.45, 7) is 8.56. The van der Waals surface area contributed by atoms with Crippen molar-refractivity contribution in [2.75, 3.05) is 27.2 Å². The summed E-state index contributed by atoms with van der Waals surface area (Å²) in [5, 5.41) is 0. The van der Waals surface area contributed by atoms with Crippen LogP contribution in [0.1, 0.15) is 44.2 Å². The Kier molecular flexibility index (Phi) is 5.36. The third-order valence-electron chi connectivity index (χ3n) is 3.35. The molecule has 2 heteroatoms. The molecule has 0 spiro atoms. The second-order valence-corrected chi connectivity index (χ2v) is 6.41. The predicted molar refractivity (Wildman–Crippen MR) is 80.1 cm³/mol. The van der Waals surface area contributed by atoms with E-state index in [1.165, 1.54) is 11.1 Å². The smallest absolute Gasteiger partial charge is 0.00446 e. The Morgan fingerprint density at radius 3 is 2.06 bits per heavy atom. The summed E-state index contributed by atoms with van der Waals surface area (Å²) in [6.07, 6.45) is 1.05. The predicted octanol–water partition coefficient (Wildman–Crippen LogP) is 2.98. The molecule has 2 nitrogen and oxygen atoms in total. The van der Waals surface area contributed by atoms with Gasteiger partial charge in [0.25, 0.3) is 0 Å². The minimum Gasteiger partial charge on any atom is -0.330 e. The van der Waals surface area contributed by atoms with Crippen LogP contribution in [0.25, 0.3) is 0 Å². The molecule has 0 saturated heterocycles. The van der Waals surface area contributed by atoms with Gasteiger partial charge in [0.05, 0.1) is 0 Å². The molecule has 1 aromatic rings. The molecular formula is C16H28N2. The van der Waals surface area contributed by atoms with Gasteiger partial charge in [0.15, 0.2) is 0 Å². The van der Waals surface area contributed by atoms with Crippen molar-refractivity contribution in [2.45, 2.75) is 38.5 Å². The Morgan fingerprint density at radius 1 is 1.11 bits per heavy atom. The van der Waals surface area contributed by atoms with Crippen LogP contribution in [0.5, 0.6) is 0 Å². The van der Waals surface area contributed by atoms with Gasteiger partial charge in [-0.3, -0.25) is 0 Å². The van der Waals surface area contributed by atoms with E-state index in [0.717, 1.165) is 19.5 Å². The summed E-state index contributed by atoms with van der Waals surface area (Å²) < 4.78 is 0.